The van der Waals surface area contributed by atoms with Crippen molar-refractivity contribution in [2.24, 2.45) is 16.6 Å². The summed E-state index contributed by atoms with van der Waals surface area (Å²) in [7, 11) is 0. The van der Waals surface area contributed by atoms with E-state index < -0.39 is 12.1 Å². The van der Waals surface area contributed by atoms with E-state index in [1.807, 2.05) is 6.92 Å². The molecule has 0 aromatic heterocycles. The minimum absolute atomic E-state index is 0. The molecule has 0 amide bonds. The van der Waals surface area contributed by atoms with Crippen LogP contribution in [0.1, 0.15) is 32.6 Å². The molecular weight excluding hydrogens is 420 g/mol. The maximum atomic E-state index is 12.6. The Balaban J connectivity index is 0.00000264. The zero-order valence-electron chi connectivity index (χ0n) is 13.4. The molecule has 0 unspecified atom stereocenters. The molecule has 8 heteroatoms. The van der Waals surface area contributed by atoms with E-state index >= 15 is 0 Å². The van der Waals surface area contributed by atoms with Crippen molar-refractivity contribution in [1.82, 2.24) is 10.2 Å². The van der Waals surface area contributed by atoms with Gasteiger partial charge in [0.2, 0.25) is 0 Å². The Bertz CT molecular complexity index is 425. The summed E-state index contributed by atoms with van der Waals surface area (Å²) in [5.41, 5.74) is 6.73. The lowest BCUT2D eigenvalue weighted by atomic mass is 9.83. The predicted molar refractivity (Wildman–Crippen MR) is 97.0 cm³/mol. The molecule has 1 saturated carbocycles. The average Bonchev–Trinajstić information content (AvgIpc) is 2.39. The van der Waals surface area contributed by atoms with Gasteiger partial charge in [-0.15, -0.1) is 24.0 Å². The van der Waals surface area contributed by atoms with Gasteiger partial charge in [0.15, 0.2) is 5.96 Å². The summed E-state index contributed by atoms with van der Waals surface area (Å²) in [5.74, 6) is -0.704. The Labute approximate surface area is 152 Å². The summed E-state index contributed by atoms with van der Waals surface area (Å²) in [4.78, 5) is 6.35. The quantitative estimate of drug-likeness (QED) is 0.302. The van der Waals surface area contributed by atoms with Gasteiger partial charge in [0.1, 0.15) is 0 Å². The molecule has 0 radical (unpaired) electrons. The maximum Gasteiger partial charge on any atom is 0.391 e. The number of rotatable bonds is 4. The van der Waals surface area contributed by atoms with Crippen molar-refractivity contribution in [2.45, 2.75) is 50.9 Å². The number of guanidine groups is 1. The second-order valence-electron chi connectivity index (χ2n) is 6.48. The minimum atomic E-state index is -4.04. The molecule has 134 valence electrons. The summed E-state index contributed by atoms with van der Waals surface area (Å²) in [6, 6.07) is 0.653. The molecule has 3 N–H and O–H groups in total. The fraction of sp³-hybridized carbons (Fsp3) is 0.800. The SMILES string of the molecule is C=C(C)CN=C(N)NC1CC(N2CCC(C(F)(F)F)CC2)C1.I. The zero-order chi connectivity index (χ0) is 16.3. The van der Waals surface area contributed by atoms with E-state index in [9.17, 15) is 13.2 Å². The lowest BCUT2D eigenvalue weighted by Crippen LogP contribution is -2.57. The number of alkyl halides is 3. The lowest BCUT2D eigenvalue weighted by Gasteiger charge is -2.46. The average molecular weight is 446 g/mol. The predicted octanol–water partition coefficient (Wildman–Crippen LogP) is 2.89. The first-order valence-electron chi connectivity index (χ1n) is 7.77. The number of likely N-dealkylation sites (tertiary alicyclic amines) is 1. The van der Waals surface area contributed by atoms with Crippen molar-refractivity contribution in [3.63, 3.8) is 0 Å². The van der Waals surface area contributed by atoms with Gasteiger partial charge >= 0.3 is 6.18 Å². The second kappa shape index (κ2) is 8.55. The van der Waals surface area contributed by atoms with Crippen LogP contribution in [-0.4, -0.2) is 48.8 Å². The molecule has 2 aliphatic rings. The molecule has 2 rings (SSSR count). The molecular formula is C15H26F3IN4. The highest BCUT2D eigenvalue weighted by Crippen LogP contribution is 2.36. The van der Waals surface area contributed by atoms with Crippen LogP contribution in [0.4, 0.5) is 13.2 Å². The monoisotopic (exact) mass is 446 g/mol. The summed E-state index contributed by atoms with van der Waals surface area (Å²) in [6.45, 7) is 7.25. The van der Waals surface area contributed by atoms with Crippen molar-refractivity contribution < 1.29 is 13.2 Å². The number of nitrogens with one attached hydrogen (secondary N) is 1. The fourth-order valence-electron chi connectivity index (χ4n) is 3.07. The molecule has 1 saturated heterocycles. The first-order chi connectivity index (χ1) is 10.3. The maximum absolute atomic E-state index is 12.6. The molecule has 1 heterocycles. The van der Waals surface area contributed by atoms with E-state index in [1.54, 1.807) is 0 Å². The van der Waals surface area contributed by atoms with Gasteiger partial charge in [0, 0.05) is 12.1 Å². The van der Waals surface area contributed by atoms with E-state index in [0.29, 0.717) is 31.6 Å². The Hall–Kier alpha value is -0.510. The van der Waals surface area contributed by atoms with E-state index in [1.165, 1.54) is 0 Å². The van der Waals surface area contributed by atoms with Crippen molar-refractivity contribution >= 4 is 29.9 Å². The van der Waals surface area contributed by atoms with Crippen LogP contribution in [0, 0.1) is 5.92 Å². The van der Waals surface area contributed by atoms with Gasteiger partial charge in [-0.2, -0.15) is 13.2 Å². The molecule has 23 heavy (non-hydrogen) atoms. The standard InChI is InChI=1S/C15H25F3N4.HI/c1-10(2)9-20-14(19)21-12-7-13(8-12)22-5-3-11(4-6-22)15(16,17)18;/h11-13H,1,3-9H2,2H3,(H3,19,20,21);1H. The van der Waals surface area contributed by atoms with Crippen LogP contribution in [0.25, 0.3) is 0 Å². The smallest absolute Gasteiger partial charge is 0.370 e. The number of piperidine rings is 1. The molecule has 0 atom stereocenters. The summed E-state index contributed by atoms with van der Waals surface area (Å²) < 4.78 is 37.9. The van der Waals surface area contributed by atoms with Gasteiger partial charge in [-0.1, -0.05) is 12.2 Å². The van der Waals surface area contributed by atoms with Gasteiger partial charge in [-0.05, 0) is 45.7 Å². The fourth-order valence-corrected chi connectivity index (χ4v) is 3.07. The molecule has 2 fully saturated rings. The Morgan fingerprint density at radius 1 is 1.30 bits per heavy atom. The third-order valence-electron chi connectivity index (χ3n) is 4.49. The number of halogens is 4. The highest BCUT2D eigenvalue weighted by Gasteiger charge is 2.43. The van der Waals surface area contributed by atoms with Gasteiger partial charge in [-0.3, -0.25) is 0 Å². The highest BCUT2D eigenvalue weighted by atomic mass is 127. The molecule has 0 aromatic carbocycles. The van der Waals surface area contributed by atoms with E-state index in [0.717, 1.165) is 18.4 Å². The zero-order valence-corrected chi connectivity index (χ0v) is 15.7. The van der Waals surface area contributed by atoms with Gasteiger partial charge in [0.05, 0.1) is 12.5 Å². The van der Waals surface area contributed by atoms with E-state index in [-0.39, 0.29) is 42.9 Å². The van der Waals surface area contributed by atoms with Crippen molar-refractivity contribution in [3.05, 3.63) is 12.2 Å². The number of aliphatic imine (C=N–C) groups is 1. The third-order valence-corrected chi connectivity index (χ3v) is 4.49. The van der Waals surface area contributed by atoms with Crippen molar-refractivity contribution in [2.75, 3.05) is 19.6 Å². The molecule has 1 aliphatic heterocycles. The normalized spacial score (nSPS) is 27.0. The topological polar surface area (TPSA) is 53.6 Å². The lowest BCUT2D eigenvalue weighted by molar-refractivity contribution is -0.187. The third kappa shape index (κ3) is 6.13. The van der Waals surface area contributed by atoms with Crippen LogP contribution in [0.5, 0.6) is 0 Å². The number of hydrogen-bond donors (Lipinski definition) is 2. The van der Waals surface area contributed by atoms with E-state index in [4.69, 9.17) is 5.73 Å². The molecule has 0 bridgehead atoms. The Morgan fingerprint density at radius 2 is 1.87 bits per heavy atom. The Kier molecular flexibility index (Phi) is 7.63. The second-order valence-corrected chi connectivity index (χ2v) is 6.48. The van der Waals surface area contributed by atoms with Crippen LogP contribution in [0.3, 0.4) is 0 Å². The summed E-state index contributed by atoms with van der Waals surface area (Å²) >= 11 is 0. The van der Waals surface area contributed by atoms with Crippen LogP contribution >= 0.6 is 24.0 Å². The molecule has 4 nitrogen and oxygen atoms in total. The first kappa shape index (κ1) is 20.5. The first-order valence-corrected chi connectivity index (χ1v) is 7.77. The largest absolute Gasteiger partial charge is 0.391 e. The van der Waals surface area contributed by atoms with Gasteiger partial charge in [0.25, 0.3) is 0 Å². The number of hydrogen-bond acceptors (Lipinski definition) is 2. The molecule has 0 aromatic rings. The van der Waals surface area contributed by atoms with Crippen LogP contribution in [0.2, 0.25) is 0 Å². The Morgan fingerprint density at radius 3 is 2.35 bits per heavy atom. The van der Waals surface area contributed by atoms with Crippen molar-refractivity contribution in [1.29, 1.82) is 0 Å². The van der Waals surface area contributed by atoms with Crippen LogP contribution in [-0.2, 0) is 0 Å². The summed E-state index contributed by atoms with van der Waals surface area (Å²) in [5, 5.41) is 3.15. The molecule has 0 spiro atoms. The van der Waals surface area contributed by atoms with Gasteiger partial charge in [-0.25, -0.2) is 4.99 Å². The van der Waals surface area contributed by atoms with Crippen LogP contribution < -0.4 is 11.1 Å². The van der Waals surface area contributed by atoms with Crippen LogP contribution in [0.15, 0.2) is 17.1 Å². The number of nitrogens with zero attached hydrogens (tertiary/aromatic N) is 2. The summed E-state index contributed by atoms with van der Waals surface area (Å²) in [6.07, 6.45) is -1.76. The van der Waals surface area contributed by atoms with E-state index in [2.05, 4.69) is 21.8 Å². The van der Waals surface area contributed by atoms with Crippen molar-refractivity contribution in [3.8, 4) is 0 Å². The number of nitrogens with two attached hydrogens (primary N) is 1. The minimum Gasteiger partial charge on any atom is -0.370 e. The van der Waals surface area contributed by atoms with Gasteiger partial charge < -0.3 is 16.0 Å². The highest BCUT2D eigenvalue weighted by molar-refractivity contribution is 14.0. The molecule has 1 aliphatic carbocycles.